The predicted octanol–water partition coefficient (Wildman–Crippen LogP) is 5.82. The minimum atomic E-state index is 0.570. The van der Waals surface area contributed by atoms with Crippen molar-refractivity contribution < 1.29 is 0 Å². The van der Waals surface area contributed by atoms with Crippen LogP contribution in [0.4, 0.5) is 5.69 Å². The van der Waals surface area contributed by atoms with E-state index in [1.54, 1.807) is 6.21 Å². The number of hydrogen-bond acceptors (Lipinski definition) is 3. The molecule has 3 aromatic carbocycles. The molecule has 0 saturated carbocycles. The number of hydrogen-bond donors (Lipinski definition) is 0. The van der Waals surface area contributed by atoms with Gasteiger partial charge in [-0.2, -0.15) is 5.10 Å². The van der Waals surface area contributed by atoms with Gasteiger partial charge in [0, 0.05) is 41.7 Å². The maximum atomic E-state index is 5.90. The number of anilines is 1. The van der Waals surface area contributed by atoms with Gasteiger partial charge in [0.05, 0.1) is 6.21 Å². The molecule has 0 bridgehead atoms. The molecule has 0 atom stereocenters. The molecule has 0 heterocycles. The van der Waals surface area contributed by atoms with Crippen molar-refractivity contribution in [2.45, 2.75) is 0 Å². The van der Waals surface area contributed by atoms with E-state index in [0.29, 0.717) is 11.8 Å². The zero-order valence-corrected chi connectivity index (χ0v) is 17.4. The summed E-state index contributed by atoms with van der Waals surface area (Å²) in [5, 5.41) is 8.93. The Kier molecular flexibility index (Phi) is 6.28. The molecule has 0 radical (unpaired) electrons. The van der Waals surface area contributed by atoms with Gasteiger partial charge in [0.2, 0.25) is 0 Å². The third-order valence-corrected chi connectivity index (χ3v) is 5.32. The summed E-state index contributed by atoms with van der Waals surface area (Å²) in [5.41, 5.74) is 7.68. The largest absolute Gasteiger partial charge is 0.369 e. The van der Waals surface area contributed by atoms with Gasteiger partial charge >= 0.3 is 0 Å². The normalized spacial score (nSPS) is 12.1. The lowest BCUT2D eigenvalue weighted by molar-refractivity contribution is 0.874. The molecule has 0 saturated heterocycles. The second kappa shape index (κ2) is 9.25. The van der Waals surface area contributed by atoms with Crippen molar-refractivity contribution in [3.05, 3.63) is 89.5 Å². The van der Waals surface area contributed by atoms with E-state index in [1.165, 1.54) is 11.1 Å². The maximum absolute atomic E-state index is 5.90. The smallest absolute Gasteiger partial charge is 0.101 e. The first-order valence-corrected chi connectivity index (χ1v) is 10.7. The molecule has 4 rings (SSSR count). The van der Waals surface area contributed by atoms with Crippen molar-refractivity contribution in [1.29, 1.82) is 0 Å². The minimum Gasteiger partial charge on any atom is -0.369 e. The van der Waals surface area contributed by atoms with Crippen molar-refractivity contribution in [3.8, 4) is 11.1 Å². The van der Waals surface area contributed by atoms with Crippen LogP contribution in [-0.4, -0.2) is 36.8 Å². The summed E-state index contributed by atoms with van der Waals surface area (Å²) >= 11 is 11.8. The predicted molar refractivity (Wildman–Crippen MR) is 125 cm³/mol. The molecule has 1 aliphatic carbocycles. The fourth-order valence-electron chi connectivity index (χ4n) is 3.60. The lowest BCUT2D eigenvalue weighted by Crippen LogP contribution is -2.27. The van der Waals surface area contributed by atoms with Crippen LogP contribution in [0.3, 0.4) is 0 Å². The van der Waals surface area contributed by atoms with Crippen molar-refractivity contribution in [2.75, 3.05) is 29.7 Å². The van der Waals surface area contributed by atoms with E-state index in [-0.39, 0.29) is 0 Å². The third kappa shape index (κ3) is 4.21. The Bertz CT molecular complexity index is 989. The molecule has 0 aromatic heterocycles. The Morgan fingerprint density at radius 2 is 1.21 bits per heavy atom. The van der Waals surface area contributed by atoms with Gasteiger partial charge in [-0.15, -0.1) is 28.3 Å². The first kappa shape index (κ1) is 19.7. The van der Waals surface area contributed by atoms with Gasteiger partial charge in [-0.3, -0.25) is 0 Å². The van der Waals surface area contributed by atoms with Crippen LogP contribution in [0.15, 0.2) is 83.0 Å². The second-order valence-corrected chi connectivity index (χ2v) is 7.50. The molecule has 3 nitrogen and oxygen atoms in total. The first-order valence-electron chi connectivity index (χ1n) is 9.59. The Morgan fingerprint density at radius 1 is 0.690 bits per heavy atom. The summed E-state index contributed by atoms with van der Waals surface area (Å²) in [6.07, 6.45) is 1.79. The van der Waals surface area contributed by atoms with Gasteiger partial charge in [0.25, 0.3) is 0 Å². The number of nitrogens with zero attached hydrogens (tertiary/aromatic N) is 3. The summed E-state index contributed by atoms with van der Waals surface area (Å²) in [4.78, 5) is 2.17. The zero-order valence-electron chi connectivity index (χ0n) is 15.9. The van der Waals surface area contributed by atoms with Gasteiger partial charge in [0.1, 0.15) is 5.71 Å². The van der Waals surface area contributed by atoms with Gasteiger partial charge in [0.15, 0.2) is 0 Å². The highest BCUT2D eigenvalue weighted by Gasteiger charge is 2.23. The topological polar surface area (TPSA) is 28.0 Å². The van der Waals surface area contributed by atoms with Gasteiger partial charge in [-0.05, 0) is 28.8 Å². The molecule has 0 amide bonds. The monoisotopic (exact) mass is 421 g/mol. The van der Waals surface area contributed by atoms with E-state index in [0.717, 1.165) is 41.2 Å². The molecule has 1 aliphatic rings. The van der Waals surface area contributed by atoms with Crippen LogP contribution >= 0.6 is 23.2 Å². The van der Waals surface area contributed by atoms with Crippen molar-refractivity contribution in [2.24, 2.45) is 10.2 Å². The van der Waals surface area contributed by atoms with Gasteiger partial charge in [-0.25, -0.2) is 0 Å². The molecule has 0 spiro atoms. The second-order valence-electron chi connectivity index (χ2n) is 6.74. The van der Waals surface area contributed by atoms with Crippen LogP contribution in [-0.2, 0) is 0 Å². The number of benzene rings is 3. The molecular formula is C24H21Cl2N3. The van der Waals surface area contributed by atoms with E-state index in [1.807, 2.05) is 24.3 Å². The Labute approximate surface area is 181 Å². The summed E-state index contributed by atoms with van der Waals surface area (Å²) in [6, 6.07) is 24.8. The van der Waals surface area contributed by atoms with E-state index in [9.17, 15) is 0 Å². The molecule has 0 aliphatic heterocycles. The average Bonchev–Trinajstić information content (AvgIpc) is 3.08. The average molecular weight is 422 g/mol. The number of alkyl halides is 2. The van der Waals surface area contributed by atoms with Crippen LogP contribution in [0.25, 0.3) is 11.1 Å². The Balaban J connectivity index is 1.56. The fraction of sp³-hybridized carbons (Fsp3) is 0.167. The summed E-state index contributed by atoms with van der Waals surface area (Å²) in [6.45, 7) is 1.54. The molecule has 5 heteroatoms. The highest BCUT2D eigenvalue weighted by molar-refractivity contribution is 6.24. The summed E-state index contributed by atoms with van der Waals surface area (Å²) in [5.74, 6) is 1.14. The fourth-order valence-corrected chi connectivity index (χ4v) is 4.01. The SMILES string of the molecule is ClCCN(CCCl)c1ccc(/C=N\N=C2c3ccccc3-c3ccccc32)cc1. The first-order chi connectivity index (χ1) is 14.3. The van der Waals surface area contributed by atoms with Crippen molar-refractivity contribution in [3.63, 3.8) is 0 Å². The van der Waals surface area contributed by atoms with Crippen LogP contribution in [0.2, 0.25) is 0 Å². The van der Waals surface area contributed by atoms with Crippen LogP contribution < -0.4 is 4.90 Å². The molecular weight excluding hydrogens is 401 g/mol. The number of halogens is 2. The molecule has 146 valence electrons. The Hall–Kier alpha value is -2.62. The molecule has 0 fully saturated rings. The van der Waals surface area contributed by atoms with Gasteiger partial charge in [-0.1, -0.05) is 60.7 Å². The zero-order chi connectivity index (χ0) is 20.1. The molecule has 29 heavy (non-hydrogen) atoms. The highest BCUT2D eigenvalue weighted by Crippen LogP contribution is 2.36. The van der Waals surface area contributed by atoms with Crippen molar-refractivity contribution >= 4 is 40.8 Å². The standard InChI is InChI=1S/C24H21Cl2N3/c25-13-15-29(16-14-26)19-11-9-18(10-12-19)17-27-28-24-22-7-3-1-5-20(22)21-6-2-4-8-23(21)24/h1-12,17H,13-16H2/b27-17-. The van der Waals surface area contributed by atoms with E-state index >= 15 is 0 Å². The van der Waals surface area contributed by atoms with E-state index in [4.69, 9.17) is 23.2 Å². The highest BCUT2D eigenvalue weighted by atomic mass is 35.5. The van der Waals surface area contributed by atoms with Gasteiger partial charge < -0.3 is 4.90 Å². The maximum Gasteiger partial charge on any atom is 0.101 e. The van der Waals surface area contributed by atoms with Crippen LogP contribution in [0, 0.1) is 0 Å². The lowest BCUT2D eigenvalue weighted by Gasteiger charge is -2.22. The molecule has 0 N–H and O–H groups in total. The molecule has 0 unspecified atom stereocenters. The van der Waals surface area contributed by atoms with Crippen LogP contribution in [0.1, 0.15) is 16.7 Å². The summed E-state index contributed by atoms with van der Waals surface area (Å²) < 4.78 is 0. The van der Waals surface area contributed by atoms with Crippen molar-refractivity contribution in [1.82, 2.24) is 0 Å². The lowest BCUT2D eigenvalue weighted by atomic mass is 10.1. The molecule has 3 aromatic rings. The quantitative estimate of drug-likeness (QED) is 0.209. The third-order valence-electron chi connectivity index (χ3n) is 4.99. The summed E-state index contributed by atoms with van der Waals surface area (Å²) in [7, 11) is 0. The van der Waals surface area contributed by atoms with Crippen LogP contribution in [0.5, 0.6) is 0 Å². The van der Waals surface area contributed by atoms with E-state index < -0.39 is 0 Å². The number of rotatable bonds is 7. The van der Waals surface area contributed by atoms with E-state index in [2.05, 4.69) is 63.6 Å². The Morgan fingerprint density at radius 3 is 1.72 bits per heavy atom. The minimum absolute atomic E-state index is 0.570. The number of fused-ring (bicyclic) bond motifs is 3.